The van der Waals surface area contributed by atoms with Crippen LogP contribution in [0.2, 0.25) is 0 Å². The third-order valence-electron chi connectivity index (χ3n) is 4.34. The van der Waals surface area contributed by atoms with Crippen molar-refractivity contribution < 1.29 is 14.3 Å². The Bertz CT molecular complexity index is 799. The topological polar surface area (TPSA) is 58.6 Å². The number of carbonyl (C=O) groups is 2. The van der Waals surface area contributed by atoms with Gasteiger partial charge >= 0.3 is 0 Å². The van der Waals surface area contributed by atoms with Gasteiger partial charge in [0.25, 0.3) is 5.91 Å². The Balaban J connectivity index is 1.88. The maximum Gasteiger partial charge on any atom is 0.258 e. The minimum Gasteiger partial charge on any atom is -0.497 e. The molecule has 1 N–H and O–H groups in total. The second-order valence-corrected chi connectivity index (χ2v) is 6.48. The van der Waals surface area contributed by atoms with Crippen LogP contribution in [0.5, 0.6) is 5.75 Å². The Morgan fingerprint density at radius 1 is 1.16 bits per heavy atom. The van der Waals surface area contributed by atoms with Crippen molar-refractivity contribution in [2.45, 2.75) is 20.3 Å². The fraction of sp³-hybridized carbons (Fsp3) is 0.300. The SMILES string of the molecule is COc1ccc2c(c1)CC(C)CN2C(=O)c1ccc(NC(C)=O)cc1. The molecular weight excluding hydrogens is 316 g/mol. The van der Waals surface area contributed by atoms with Gasteiger partial charge < -0.3 is 15.0 Å². The van der Waals surface area contributed by atoms with Gasteiger partial charge in [-0.15, -0.1) is 0 Å². The molecule has 3 rings (SSSR count). The van der Waals surface area contributed by atoms with Crippen LogP contribution in [0.15, 0.2) is 42.5 Å². The normalized spacial score (nSPS) is 16.1. The fourth-order valence-corrected chi connectivity index (χ4v) is 3.21. The molecule has 0 spiro atoms. The van der Waals surface area contributed by atoms with E-state index in [4.69, 9.17) is 4.74 Å². The molecule has 0 aromatic heterocycles. The number of amides is 2. The van der Waals surface area contributed by atoms with Crippen molar-refractivity contribution in [3.63, 3.8) is 0 Å². The van der Waals surface area contributed by atoms with Crippen LogP contribution >= 0.6 is 0 Å². The van der Waals surface area contributed by atoms with E-state index in [-0.39, 0.29) is 11.8 Å². The molecule has 0 saturated carbocycles. The molecule has 25 heavy (non-hydrogen) atoms. The lowest BCUT2D eigenvalue weighted by Crippen LogP contribution is -2.39. The first-order valence-corrected chi connectivity index (χ1v) is 8.34. The number of hydrogen-bond acceptors (Lipinski definition) is 3. The van der Waals surface area contributed by atoms with Crippen LogP contribution < -0.4 is 15.0 Å². The van der Waals surface area contributed by atoms with Crippen LogP contribution in [-0.4, -0.2) is 25.5 Å². The second kappa shape index (κ2) is 6.97. The Hall–Kier alpha value is -2.82. The lowest BCUT2D eigenvalue weighted by atomic mass is 9.93. The van der Waals surface area contributed by atoms with Crippen molar-refractivity contribution in [1.29, 1.82) is 0 Å². The maximum atomic E-state index is 13.0. The number of fused-ring (bicyclic) bond motifs is 1. The number of anilines is 2. The van der Waals surface area contributed by atoms with Gasteiger partial charge in [-0.2, -0.15) is 0 Å². The first kappa shape index (κ1) is 17.0. The highest BCUT2D eigenvalue weighted by Crippen LogP contribution is 2.33. The average molecular weight is 338 g/mol. The smallest absolute Gasteiger partial charge is 0.258 e. The highest BCUT2D eigenvalue weighted by molar-refractivity contribution is 6.07. The molecule has 5 heteroatoms. The third-order valence-corrected chi connectivity index (χ3v) is 4.34. The van der Waals surface area contributed by atoms with E-state index < -0.39 is 0 Å². The van der Waals surface area contributed by atoms with Crippen molar-refractivity contribution in [1.82, 2.24) is 0 Å². The molecule has 0 fully saturated rings. The van der Waals surface area contributed by atoms with Crippen LogP contribution in [0.4, 0.5) is 11.4 Å². The van der Waals surface area contributed by atoms with Crippen LogP contribution in [-0.2, 0) is 11.2 Å². The van der Waals surface area contributed by atoms with E-state index in [1.807, 2.05) is 23.1 Å². The molecular formula is C20H22N2O3. The summed E-state index contributed by atoms with van der Waals surface area (Å²) >= 11 is 0. The van der Waals surface area contributed by atoms with Crippen molar-refractivity contribution in [3.8, 4) is 5.75 Å². The molecule has 1 heterocycles. The lowest BCUT2D eigenvalue weighted by molar-refractivity contribution is -0.114. The number of methoxy groups -OCH3 is 1. The van der Waals surface area contributed by atoms with Gasteiger partial charge in [0.05, 0.1) is 7.11 Å². The van der Waals surface area contributed by atoms with E-state index in [1.165, 1.54) is 6.92 Å². The van der Waals surface area contributed by atoms with Gasteiger partial charge in [0, 0.05) is 30.4 Å². The molecule has 2 aromatic rings. The second-order valence-electron chi connectivity index (χ2n) is 6.48. The zero-order chi connectivity index (χ0) is 18.0. The van der Waals surface area contributed by atoms with E-state index in [1.54, 1.807) is 31.4 Å². The summed E-state index contributed by atoms with van der Waals surface area (Å²) in [4.78, 5) is 25.9. The summed E-state index contributed by atoms with van der Waals surface area (Å²) in [5, 5.41) is 2.71. The Kier molecular flexibility index (Phi) is 4.74. The predicted molar refractivity (Wildman–Crippen MR) is 98.3 cm³/mol. The highest BCUT2D eigenvalue weighted by atomic mass is 16.5. The Morgan fingerprint density at radius 3 is 2.52 bits per heavy atom. The van der Waals surface area contributed by atoms with Gasteiger partial charge in [-0.3, -0.25) is 9.59 Å². The zero-order valence-corrected chi connectivity index (χ0v) is 14.7. The maximum absolute atomic E-state index is 13.0. The van der Waals surface area contributed by atoms with Gasteiger partial charge in [-0.25, -0.2) is 0 Å². The summed E-state index contributed by atoms with van der Waals surface area (Å²) in [6.45, 7) is 4.29. The van der Waals surface area contributed by atoms with E-state index in [0.717, 1.165) is 23.4 Å². The monoisotopic (exact) mass is 338 g/mol. The Morgan fingerprint density at radius 2 is 1.88 bits per heavy atom. The van der Waals surface area contributed by atoms with Crippen LogP contribution in [0.1, 0.15) is 29.8 Å². The van der Waals surface area contributed by atoms with Crippen LogP contribution in [0.25, 0.3) is 0 Å². The summed E-state index contributed by atoms with van der Waals surface area (Å²) in [6.07, 6.45) is 0.928. The number of benzene rings is 2. The highest BCUT2D eigenvalue weighted by Gasteiger charge is 2.27. The molecule has 1 aliphatic rings. The summed E-state index contributed by atoms with van der Waals surface area (Å²) in [7, 11) is 1.65. The molecule has 0 saturated heterocycles. The van der Waals surface area contributed by atoms with Gasteiger partial charge in [-0.05, 0) is 60.4 Å². The summed E-state index contributed by atoms with van der Waals surface area (Å²) in [5.74, 6) is 1.02. The standard InChI is InChI=1S/C20H22N2O3/c1-13-10-16-11-18(25-3)8-9-19(16)22(12-13)20(24)15-4-6-17(7-5-15)21-14(2)23/h4-9,11,13H,10,12H2,1-3H3,(H,21,23). The molecule has 0 radical (unpaired) electrons. The molecule has 1 unspecified atom stereocenters. The summed E-state index contributed by atoms with van der Waals surface area (Å²) in [5.41, 5.74) is 3.35. The van der Waals surface area contributed by atoms with Crippen molar-refractivity contribution >= 4 is 23.2 Å². The lowest BCUT2D eigenvalue weighted by Gasteiger charge is -2.33. The average Bonchev–Trinajstić information content (AvgIpc) is 2.60. The van der Waals surface area contributed by atoms with E-state index >= 15 is 0 Å². The number of ether oxygens (including phenoxy) is 1. The molecule has 1 atom stereocenters. The first-order valence-electron chi connectivity index (χ1n) is 8.34. The molecule has 0 bridgehead atoms. The predicted octanol–water partition coefficient (Wildman–Crippen LogP) is 3.49. The van der Waals surface area contributed by atoms with Gasteiger partial charge in [0.1, 0.15) is 5.75 Å². The quantitative estimate of drug-likeness (QED) is 0.932. The van der Waals surface area contributed by atoms with Gasteiger partial charge in [-0.1, -0.05) is 6.92 Å². The summed E-state index contributed by atoms with van der Waals surface area (Å²) in [6, 6.07) is 12.8. The van der Waals surface area contributed by atoms with E-state index in [9.17, 15) is 9.59 Å². The van der Waals surface area contributed by atoms with Crippen molar-refractivity contribution in [2.24, 2.45) is 5.92 Å². The molecule has 2 amide bonds. The van der Waals surface area contributed by atoms with Gasteiger partial charge in [0.15, 0.2) is 0 Å². The van der Waals surface area contributed by atoms with Crippen molar-refractivity contribution in [3.05, 3.63) is 53.6 Å². The number of nitrogens with zero attached hydrogens (tertiary/aromatic N) is 1. The molecule has 5 nitrogen and oxygen atoms in total. The molecule has 0 aliphatic carbocycles. The molecule has 130 valence electrons. The minimum atomic E-state index is -0.133. The Labute approximate surface area is 147 Å². The van der Waals surface area contributed by atoms with E-state index in [0.29, 0.717) is 23.7 Å². The van der Waals surface area contributed by atoms with E-state index in [2.05, 4.69) is 12.2 Å². The number of rotatable bonds is 3. The number of carbonyl (C=O) groups excluding carboxylic acids is 2. The van der Waals surface area contributed by atoms with Crippen LogP contribution in [0.3, 0.4) is 0 Å². The largest absolute Gasteiger partial charge is 0.497 e. The number of nitrogens with one attached hydrogen (secondary N) is 1. The van der Waals surface area contributed by atoms with Gasteiger partial charge in [0.2, 0.25) is 5.91 Å². The zero-order valence-electron chi connectivity index (χ0n) is 14.7. The first-order chi connectivity index (χ1) is 12.0. The molecule has 2 aromatic carbocycles. The summed E-state index contributed by atoms with van der Waals surface area (Å²) < 4.78 is 5.30. The third kappa shape index (κ3) is 3.65. The number of hydrogen-bond donors (Lipinski definition) is 1. The van der Waals surface area contributed by atoms with Crippen LogP contribution in [0, 0.1) is 5.92 Å². The fourth-order valence-electron chi connectivity index (χ4n) is 3.21. The minimum absolute atomic E-state index is 0.0349. The van der Waals surface area contributed by atoms with Crippen molar-refractivity contribution in [2.75, 3.05) is 23.9 Å². The molecule has 1 aliphatic heterocycles.